The maximum Gasteiger partial charge on any atom is 0.317 e. The Morgan fingerprint density at radius 1 is 0.913 bits per heavy atom. The number of rotatable bonds is 2. The van der Waals surface area contributed by atoms with Gasteiger partial charge in [0.05, 0.1) is 5.41 Å². The van der Waals surface area contributed by atoms with Gasteiger partial charge in [-0.15, -0.1) is 0 Å². The average Bonchev–Trinajstić information content (AvgIpc) is 2.62. The molecule has 0 amide bonds. The van der Waals surface area contributed by atoms with Gasteiger partial charge in [-0.25, -0.2) is 0 Å². The number of hydrogen-bond acceptors (Lipinski definition) is 2. The molecule has 23 heavy (non-hydrogen) atoms. The predicted molar refractivity (Wildman–Crippen MR) is 92.4 cm³/mol. The molecule has 2 aliphatic rings. The van der Waals surface area contributed by atoms with Crippen LogP contribution in [0.2, 0.25) is 0 Å². The first-order chi connectivity index (χ1) is 11.3. The van der Waals surface area contributed by atoms with Crippen molar-refractivity contribution in [2.45, 2.75) is 51.4 Å². The molecule has 0 bridgehead atoms. The largest absolute Gasteiger partial charge is 0.425 e. The highest BCUT2D eigenvalue weighted by atomic mass is 16.5. The third-order valence-electron chi connectivity index (χ3n) is 5.99. The molecule has 0 aromatic heterocycles. The van der Waals surface area contributed by atoms with E-state index in [0.717, 1.165) is 29.4 Å². The van der Waals surface area contributed by atoms with E-state index >= 15 is 0 Å². The summed E-state index contributed by atoms with van der Waals surface area (Å²) in [5.41, 5.74) is -0.215. The number of benzene rings is 2. The first kappa shape index (κ1) is 14.7. The second kappa shape index (κ2) is 5.99. The second-order valence-electron chi connectivity index (χ2n) is 7.21. The summed E-state index contributed by atoms with van der Waals surface area (Å²) in [5, 5.41) is 2.15. The Labute approximate surface area is 137 Å². The minimum absolute atomic E-state index is 0.0262. The normalized spacial score (nSPS) is 27.4. The van der Waals surface area contributed by atoms with Gasteiger partial charge in [-0.3, -0.25) is 4.79 Å². The van der Waals surface area contributed by atoms with Gasteiger partial charge in [-0.05, 0) is 43.1 Å². The van der Waals surface area contributed by atoms with E-state index < -0.39 is 0 Å². The van der Waals surface area contributed by atoms with Crippen LogP contribution < -0.4 is 4.74 Å². The highest BCUT2D eigenvalue weighted by Gasteiger charge is 2.49. The Hall–Kier alpha value is -1.83. The maximum absolute atomic E-state index is 13.1. The number of esters is 1. The van der Waals surface area contributed by atoms with Gasteiger partial charge in [0.2, 0.25) is 0 Å². The summed E-state index contributed by atoms with van der Waals surface area (Å²) in [7, 11) is 0. The van der Waals surface area contributed by atoms with Crippen LogP contribution in [0.3, 0.4) is 0 Å². The lowest BCUT2D eigenvalue weighted by Gasteiger charge is -2.45. The topological polar surface area (TPSA) is 26.3 Å². The van der Waals surface area contributed by atoms with E-state index in [1.54, 1.807) is 0 Å². The fourth-order valence-electron chi connectivity index (χ4n) is 4.75. The third-order valence-corrected chi connectivity index (χ3v) is 5.99. The molecule has 0 atom stereocenters. The van der Waals surface area contributed by atoms with Crippen molar-refractivity contribution in [2.75, 3.05) is 0 Å². The van der Waals surface area contributed by atoms with Crippen LogP contribution in [0.5, 0.6) is 5.75 Å². The average molecular weight is 308 g/mol. The highest BCUT2D eigenvalue weighted by Crippen LogP contribution is 2.51. The standard InChI is InChI=1S/C21H24O2/c22-20(21-14-5-3-10-17(21)11-4-6-15-21)23-19-13-7-9-16-8-1-2-12-18(16)19/h1-2,7-9,12-13,17H,3-6,10-11,14-15H2. The molecular weight excluding hydrogens is 284 g/mol. The van der Waals surface area contributed by atoms with Crippen LogP contribution in [0, 0.1) is 11.3 Å². The molecule has 0 radical (unpaired) electrons. The van der Waals surface area contributed by atoms with Crippen molar-refractivity contribution in [3.63, 3.8) is 0 Å². The Kier molecular flexibility index (Phi) is 3.84. The van der Waals surface area contributed by atoms with Gasteiger partial charge in [-0.2, -0.15) is 0 Å². The minimum Gasteiger partial charge on any atom is -0.425 e. The Morgan fingerprint density at radius 2 is 1.61 bits per heavy atom. The van der Waals surface area contributed by atoms with Crippen LogP contribution >= 0.6 is 0 Å². The van der Waals surface area contributed by atoms with Gasteiger partial charge in [0, 0.05) is 5.39 Å². The smallest absolute Gasteiger partial charge is 0.317 e. The summed E-state index contributed by atoms with van der Waals surface area (Å²) in [6.45, 7) is 0. The van der Waals surface area contributed by atoms with Crippen molar-refractivity contribution < 1.29 is 9.53 Å². The van der Waals surface area contributed by atoms with E-state index in [9.17, 15) is 4.79 Å². The SMILES string of the molecule is O=C(Oc1cccc2ccccc12)C12CCCCC1CCCC2. The van der Waals surface area contributed by atoms with Crippen LogP contribution in [0.15, 0.2) is 42.5 Å². The molecule has 0 spiro atoms. The Bertz CT molecular complexity index is 701. The maximum atomic E-state index is 13.1. The van der Waals surface area contributed by atoms with E-state index in [4.69, 9.17) is 4.74 Å². The molecule has 0 saturated heterocycles. The molecule has 2 aromatic rings. The molecule has 0 N–H and O–H groups in total. The van der Waals surface area contributed by atoms with Crippen molar-refractivity contribution in [2.24, 2.45) is 11.3 Å². The zero-order chi connectivity index (χ0) is 15.7. The van der Waals surface area contributed by atoms with Gasteiger partial charge in [0.25, 0.3) is 0 Å². The molecule has 2 aromatic carbocycles. The minimum atomic E-state index is -0.215. The molecule has 120 valence electrons. The monoisotopic (exact) mass is 308 g/mol. The molecule has 0 aliphatic heterocycles. The molecule has 2 heteroatoms. The predicted octanol–water partition coefficient (Wildman–Crippen LogP) is 5.50. The van der Waals surface area contributed by atoms with Crippen LogP contribution in [0.4, 0.5) is 0 Å². The van der Waals surface area contributed by atoms with Crippen molar-refractivity contribution in [1.29, 1.82) is 0 Å². The fourth-order valence-corrected chi connectivity index (χ4v) is 4.75. The molecule has 2 aliphatic carbocycles. The zero-order valence-corrected chi connectivity index (χ0v) is 13.6. The fraction of sp³-hybridized carbons (Fsp3) is 0.476. The lowest BCUT2D eigenvalue weighted by atomic mass is 9.59. The van der Waals surface area contributed by atoms with Crippen LogP contribution in [-0.4, -0.2) is 5.97 Å². The van der Waals surface area contributed by atoms with Gasteiger partial charge in [0.15, 0.2) is 0 Å². The zero-order valence-electron chi connectivity index (χ0n) is 13.6. The van der Waals surface area contributed by atoms with E-state index in [1.165, 1.54) is 38.5 Å². The summed E-state index contributed by atoms with van der Waals surface area (Å²) < 4.78 is 5.99. The molecule has 2 fully saturated rings. The van der Waals surface area contributed by atoms with Gasteiger partial charge < -0.3 is 4.74 Å². The van der Waals surface area contributed by atoms with Crippen molar-refractivity contribution in [3.8, 4) is 5.75 Å². The first-order valence-electron chi connectivity index (χ1n) is 9.00. The molecule has 4 rings (SSSR count). The summed E-state index contributed by atoms with van der Waals surface area (Å²) in [6.07, 6.45) is 9.31. The molecule has 0 heterocycles. The molecule has 2 nitrogen and oxygen atoms in total. The van der Waals surface area contributed by atoms with Gasteiger partial charge in [-0.1, -0.05) is 62.1 Å². The lowest BCUT2D eigenvalue weighted by Crippen LogP contribution is -2.45. The quantitative estimate of drug-likeness (QED) is 0.541. The summed E-state index contributed by atoms with van der Waals surface area (Å²) in [5.74, 6) is 1.28. The number of hydrogen-bond donors (Lipinski definition) is 0. The third kappa shape index (κ3) is 2.54. The van der Waals surface area contributed by atoms with Crippen LogP contribution in [0.1, 0.15) is 51.4 Å². The number of carbonyl (C=O) groups is 1. The first-order valence-corrected chi connectivity index (χ1v) is 9.00. The summed E-state index contributed by atoms with van der Waals surface area (Å²) in [4.78, 5) is 13.1. The number of ether oxygens (including phenoxy) is 1. The summed E-state index contributed by atoms with van der Waals surface area (Å²) in [6, 6.07) is 14.1. The summed E-state index contributed by atoms with van der Waals surface area (Å²) >= 11 is 0. The number of carbonyl (C=O) groups excluding carboxylic acids is 1. The highest BCUT2D eigenvalue weighted by molar-refractivity contribution is 5.91. The van der Waals surface area contributed by atoms with Crippen molar-refractivity contribution >= 4 is 16.7 Å². The Balaban J connectivity index is 1.66. The van der Waals surface area contributed by atoms with Crippen molar-refractivity contribution in [1.82, 2.24) is 0 Å². The Morgan fingerprint density at radius 3 is 2.39 bits per heavy atom. The van der Waals surface area contributed by atoms with Crippen LogP contribution in [0.25, 0.3) is 10.8 Å². The number of fused-ring (bicyclic) bond motifs is 2. The van der Waals surface area contributed by atoms with E-state index in [2.05, 4.69) is 12.1 Å². The van der Waals surface area contributed by atoms with E-state index in [1.807, 2.05) is 30.3 Å². The second-order valence-corrected chi connectivity index (χ2v) is 7.21. The van der Waals surface area contributed by atoms with Crippen molar-refractivity contribution in [3.05, 3.63) is 42.5 Å². The molecule has 0 unspecified atom stereocenters. The van der Waals surface area contributed by atoms with Gasteiger partial charge >= 0.3 is 5.97 Å². The molecule has 2 saturated carbocycles. The van der Waals surface area contributed by atoms with Crippen LogP contribution in [-0.2, 0) is 4.79 Å². The molecular formula is C21H24O2. The van der Waals surface area contributed by atoms with Gasteiger partial charge in [0.1, 0.15) is 5.75 Å². The van der Waals surface area contributed by atoms with E-state index in [-0.39, 0.29) is 11.4 Å². The van der Waals surface area contributed by atoms with E-state index in [0.29, 0.717) is 5.92 Å². The lowest BCUT2D eigenvalue weighted by molar-refractivity contribution is -0.154.